The van der Waals surface area contributed by atoms with Crippen LogP contribution in [0.15, 0.2) is 46.9 Å². The van der Waals surface area contributed by atoms with E-state index in [0.29, 0.717) is 0 Å². The van der Waals surface area contributed by atoms with Gasteiger partial charge in [-0.05, 0) is 45.0 Å². The number of quaternary nitrogens is 1. The van der Waals surface area contributed by atoms with E-state index in [-0.39, 0.29) is 0 Å². The Morgan fingerprint density at radius 2 is 1.73 bits per heavy atom. The summed E-state index contributed by atoms with van der Waals surface area (Å²) in [6.45, 7) is 12.3. The molecule has 0 saturated carbocycles. The van der Waals surface area contributed by atoms with Crippen molar-refractivity contribution in [3.8, 4) is 0 Å². The molecule has 26 heavy (non-hydrogen) atoms. The lowest BCUT2D eigenvalue weighted by Gasteiger charge is -2.35. The summed E-state index contributed by atoms with van der Waals surface area (Å²) >= 11 is 0. The summed E-state index contributed by atoms with van der Waals surface area (Å²) in [4.78, 5) is 2.43. The molecule has 0 atom stereocenters. The number of anilines is 1. The van der Waals surface area contributed by atoms with Gasteiger partial charge in [-0.25, -0.2) is 9.13 Å². The van der Waals surface area contributed by atoms with Gasteiger partial charge in [0, 0.05) is 17.3 Å². The van der Waals surface area contributed by atoms with Crippen molar-refractivity contribution in [2.45, 2.75) is 20.8 Å². The van der Waals surface area contributed by atoms with Gasteiger partial charge in [0.25, 0.3) is 0 Å². The van der Waals surface area contributed by atoms with E-state index in [1.54, 1.807) is 0 Å². The van der Waals surface area contributed by atoms with E-state index in [4.69, 9.17) is 0 Å². The second-order valence-electron chi connectivity index (χ2n) is 7.09. The predicted molar refractivity (Wildman–Crippen MR) is 107 cm³/mol. The van der Waals surface area contributed by atoms with Crippen LogP contribution in [0.1, 0.15) is 20.8 Å². The van der Waals surface area contributed by atoms with Crippen molar-refractivity contribution in [1.29, 1.82) is 0 Å². The van der Waals surface area contributed by atoms with Gasteiger partial charge in [0.05, 0.1) is 59.7 Å². The van der Waals surface area contributed by atoms with Crippen LogP contribution in [0.4, 0.5) is 17.3 Å². The second-order valence-corrected chi connectivity index (χ2v) is 7.09. The number of hydrogen-bond acceptors (Lipinski definition) is 3. The maximum absolute atomic E-state index is 4.37. The minimum absolute atomic E-state index is 0.820. The third-order valence-corrected chi connectivity index (χ3v) is 5.43. The number of rotatable bonds is 9. The van der Waals surface area contributed by atoms with E-state index >= 15 is 0 Å². The van der Waals surface area contributed by atoms with E-state index < -0.39 is 0 Å². The molecule has 0 aliphatic carbocycles. The molecular weight excluding hydrogens is 324 g/mol. The molecule has 1 heterocycles. The SMILES string of the molecule is CCN(CC[N+](C)(CC)CC)c1ccc(N=Nc2n(C)cc[n+]2C)cc1. The van der Waals surface area contributed by atoms with E-state index in [1.165, 1.54) is 18.8 Å². The van der Waals surface area contributed by atoms with Gasteiger partial charge < -0.3 is 9.38 Å². The molecule has 0 N–H and O–H groups in total. The highest BCUT2D eigenvalue weighted by atomic mass is 15.3. The molecule has 0 bridgehead atoms. The molecule has 0 aliphatic rings. The average molecular weight is 359 g/mol. The first-order chi connectivity index (χ1) is 12.4. The zero-order valence-corrected chi connectivity index (χ0v) is 17.2. The van der Waals surface area contributed by atoms with Gasteiger partial charge in [0.15, 0.2) is 0 Å². The van der Waals surface area contributed by atoms with Crippen LogP contribution >= 0.6 is 0 Å². The van der Waals surface area contributed by atoms with Gasteiger partial charge in [-0.1, -0.05) is 5.11 Å². The minimum atomic E-state index is 0.820. The maximum Gasteiger partial charge on any atom is 0.421 e. The number of azo groups is 1. The molecule has 6 heteroatoms. The number of nitrogens with zero attached hydrogens (tertiary/aromatic N) is 6. The van der Waals surface area contributed by atoms with Gasteiger partial charge in [-0.3, -0.25) is 0 Å². The molecule has 2 rings (SSSR count). The Balaban J connectivity index is 2.05. The minimum Gasteiger partial charge on any atom is -0.366 e. The summed E-state index contributed by atoms with van der Waals surface area (Å²) in [5.74, 6) is 0.820. The standard InChI is InChI=1S/C20H34N6/c1-7-25(16-17-26(6,8-2)9-3)19-12-10-18(11-13-19)21-22-20-23(4)14-15-24(20)5/h10-15H,7-9,16-17H2,1-6H3/q+2. The van der Waals surface area contributed by atoms with Crippen LogP contribution in [0.3, 0.4) is 0 Å². The highest BCUT2D eigenvalue weighted by molar-refractivity contribution is 5.52. The molecule has 1 aromatic heterocycles. The number of likely N-dealkylation sites (N-methyl/N-ethyl adjacent to an activating group) is 2. The Morgan fingerprint density at radius 3 is 2.23 bits per heavy atom. The van der Waals surface area contributed by atoms with Gasteiger partial charge in [0.1, 0.15) is 5.69 Å². The summed E-state index contributed by atoms with van der Waals surface area (Å²) in [5, 5.41) is 8.73. The fourth-order valence-corrected chi connectivity index (χ4v) is 2.93. The number of hydrogen-bond donors (Lipinski definition) is 0. The van der Waals surface area contributed by atoms with E-state index in [2.05, 4.69) is 55.1 Å². The smallest absolute Gasteiger partial charge is 0.366 e. The van der Waals surface area contributed by atoms with Crippen LogP contribution in [-0.2, 0) is 14.1 Å². The van der Waals surface area contributed by atoms with Crippen LogP contribution in [0.5, 0.6) is 0 Å². The quantitative estimate of drug-likeness (QED) is 0.383. The molecular formula is C20H34N6+2. The summed E-state index contributed by atoms with van der Waals surface area (Å²) in [6.07, 6.45) is 3.94. The van der Waals surface area contributed by atoms with Crippen molar-refractivity contribution >= 4 is 17.3 Å². The molecule has 0 amide bonds. The summed E-state index contributed by atoms with van der Waals surface area (Å²) in [5.41, 5.74) is 2.11. The van der Waals surface area contributed by atoms with E-state index in [9.17, 15) is 0 Å². The number of imidazole rings is 1. The molecule has 142 valence electrons. The predicted octanol–water partition coefficient (Wildman–Crippen LogP) is 3.58. The van der Waals surface area contributed by atoms with Gasteiger partial charge >= 0.3 is 5.95 Å². The lowest BCUT2D eigenvalue weighted by Crippen LogP contribution is -2.48. The first-order valence-corrected chi connectivity index (χ1v) is 9.53. The fourth-order valence-electron chi connectivity index (χ4n) is 2.93. The second kappa shape index (κ2) is 8.94. The molecule has 6 nitrogen and oxygen atoms in total. The highest BCUT2D eigenvalue weighted by Crippen LogP contribution is 2.21. The molecule has 0 fully saturated rings. The van der Waals surface area contributed by atoms with E-state index in [1.807, 2.05) is 47.8 Å². The Bertz CT molecular complexity index is 693. The molecule has 1 aromatic carbocycles. The Hall–Kier alpha value is -2.21. The van der Waals surface area contributed by atoms with Crippen molar-refractivity contribution in [3.63, 3.8) is 0 Å². The topological polar surface area (TPSA) is 36.8 Å². The van der Waals surface area contributed by atoms with Crippen molar-refractivity contribution in [2.24, 2.45) is 24.3 Å². The van der Waals surface area contributed by atoms with Gasteiger partial charge in [-0.2, -0.15) is 0 Å². The number of benzene rings is 1. The fraction of sp³-hybridized carbons (Fsp3) is 0.550. The molecule has 0 saturated heterocycles. The van der Waals surface area contributed by atoms with Crippen molar-refractivity contribution in [3.05, 3.63) is 36.7 Å². The van der Waals surface area contributed by atoms with Gasteiger partial charge in [-0.15, -0.1) is 0 Å². The van der Waals surface area contributed by atoms with Gasteiger partial charge in [0.2, 0.25) is 0 Å². The molecule has 0 unspecified atom stereocenters. The largest absolute Gasteiger partial charge is 0.421 e. The van der Waals surface area contributed by atoms with Crippen LogP contribution in [0.2, 0.25) is 0 Å². The average Bonchev–Trinajstić information content (AvgIpc) is 2.99. The van der Waals surface area contributed by atoms with Crippen LogP contribution in [-0.4, -0.2) is 48.8 Å². The Morgan fingerprint density at radius 1 is 1.08 bits per heavy atom. The monoisotopic (exact) mass is 358 g/mol. The summed E-state index contributed by atoms with van der Waals surface area (Å²) in [6, 6.07) is 8.37. The van der Waals surface area contributed by atoms with Crippen LogP contribution in [0.25, 0.3) is 0 Å². The molecule has 0 aliphatic heterocycles. The lowest BCUT2D eigenvalue weighted by molar-refractivity contribution is -0.904. The first kappa shape index (κ1) is 20.1. The Labute approximate surface area is 158 Å². The molecule has 0 spiro atoms. The number of aryl methyl sites for hydroxylation is 2. The maximum atomic E-state index is 4.37. The van der Waals surface area contributed by atoms with E-state index in [0.717, 1.165) is 35.8 Å². The van der Waals surface area contributed by atoms with Crippen molar-refractivity contribution in [2.75, 3.05) is 44.7 Å². The third-order valence-electron chi connectivity index (χ3n) is 5.43. The van der Waals surface area contributed by atoms with Crippen LogP contribution in [0, 0.1) is 0 Å². The summed E-state index contributed by atoms with van der Waals surface area (Å²) in [7, 11) is 6.27. The van der Waals surface area contributed by atoms with Crippen LogP contribution < -0.4 is 9.47 Å². The van der Waals surface area contributed by atoms with Crippen molar-refractivity contribution in [1.82, 2.24) is 4.57 Å². The lowest BCUT2D eigenvalue weighted by atomic mass is 10.2. The highest BCUT2D eigenvalue weighted by Gasteiger charge is 2.18. The zero-order chi connectivity index (χ0) is 19.2. The zero-order valence-electron chi connectivity index (χ0n) is 17.2. The molecule has 0 radical (unpaired) electrons. The number of aromatic nitrogens is 2. The Kier molecular flexibility index (Phi) is 6.91. The third kappa shape index (κ3) is 4.91. The van der Waals surface area contributed by atoms with Crippen molar-refractivity contribution < 1.29 is 9.05 Å². The summed E-state index contributed by atoms with van der Waals surface area (Å²) < 4.78 is 5.01. The molecule has 2 aromatic rings. The normalized spacial score (nSPS) is 12.1. The first-order valence-electron chi connectivity index (χ1n) is 9.53.